The summed E-state index contributed by atoms with van der Waals surface area (Å²) in [6.07, 6.45) is 0. The highest BCUT2D eigenvalue weighted by Crippen LogP contribution is 2.45. The number of thioether (sulfide) groups is 2. The van der Waals surface area contributed by atoms with E-state index < -0.39 is 0 Å². The zero-order chi connectivity index (χ0) is 9.10. The van der Waals surface area contributed by atoms with E-state index >= 15 is 0 Å². The highest BCUT2D eigenvalue weighted by molar-refractivity contribution is 8.19. The van der Waals surface area contributed by atoms with Crippen molar-refractivity contribution in [3.05, 3.63) is 35.4 Å². The molecule has 70 valence electrons. The molecule has 0 aliphatic carbocycles. The van der Waals surface area contributed by atoms with Crippen LogP contribution in [0.5, 0.6) is 0 Å². The van der Waals surface area contributed by atoms with Crippen molar-refractivity contribution in [1.29, 1.82) is 0 Å². The summed E-state index contributed by atoms with van der Waals surface area (Å²) in [6, 6.07) is 8.27. The lowest BCUT2D eigenvalue weighted by Gasteiger charge is -2.08. The van der Waals surface area contributed by atoms with Gasteiger partial charge in [-0.3, -0.25) is 0 Å². The molecule has 1 aromatic carbocycles. The van der Waals surface area contributed by atoms with Crippen molar-refractivity contribution in [2.24, 2.45) is 0 Å². The zero-order valence-electron chi connectivity index (χ0n) is 7.27. The molecule has 0 bridgehead atoms. The van der Waals surface area contributed by atoms with Crippen molar-refractivity contribution >= 4 is 23.5 Å². The van der Waals surface area contributed by atoms with Gasteiger partial charge in [-0.2, -0.15) is 0 Å². The first-order valence-corrected chi connectivity index (χ1v) is 6.43. The Morgan fingerprint density at radius 2 is 1.77 bits per heavy atom. The van der Waals surface area contributed by atoms with Crippen LogP contribution in [-0.2, 0) is 6.61 Å². The van der Waals surface area contributed by atoms with E-state index in [2.05, 4.69) is 12.1 Å². The maximum atomic E-state index is 8.88. The lowest BCUT2D eigenvalue weighted by atomic mass is 10.2. The lowest BCUT2D eigenvalue weighted by molar-refractivity contribution is 0.282. The first-order valence-electron chi connectivity index (χ1n) is 4.33. The van der Waals surface area contributed by atoms with Gasteiger partial charge >= 0.3 is 0 Å². The summed E-state index contributed by atoms with van der Waals surface area (Å²) in [5.41, 5.74) is 2.38. The van der Waals surface area contributed by atoms with Crippen LogP contribution in [-0.4, -0.2) is 16.6 Å². The largest absolute Gasteiger partial charge is 0.392 e. The summed E-state index contributed by atoms with van der Waals surface area (Å²) >= 11 is 4.02. The maximum absolute atomic E-state index is 8.88. The fourth-order valence-corrected chi connectivity index (χ4v) is 4.19. The van der Waals surface area contributed by atoms with Crippen molar-refractivity contribution < 1.29 is 5.11 Å². The van der Waals surface area contributed by atoms with E-state index in [1.165, 1.54) is 17.1 Å². The molecule has 1 heterocycles. The third-order valence-corrected chi connectivity index (χ3v) is 5.16. The fraction of sp³-hybridized carbons (Fsp3) is 0.400. The Labute approximate surface area is 86.9 Å². The second-order valence-corrected chi connectivity index (χ2v) is 5.70. The molecule has 1 nitrogen and oxygen atoms in total. The van der Waals surface area contributed by atoms with Crippen LogP contribution >= 0.6 is 23.5 Å². The normalized spacial score (nSPS) is 17.9. The number of hydrogen-bond donors (Lipinski definition) is 1. The van der Waals surface area contributed by atoms with Crippen molar-refractivity contribution in [2.45, 2.75) is 11.2 Å². The van der Waals surface area contributed by atoms with Gasteiger partial charge in [-0.25, -0.2) is 0 Å². The molecule has 0 atom stereocenters. The summed E-state index contributed by atoms with van der Waals surface area (Å²) in [5, 5.41) is 8.88. The van der Waals surface area contributed by atoms with E-state index in [1.807, 2.05) is 35.7 Å². The van der Waals surface area contributed by atoms with Crippen LogP contribution in [0.1, 0.15) is 15.7 Å². The van der Waals surface area contributed by atoms with Crippen LogP contribution < -0.4 is 0 Å². The average molecular weight is 212 g/mol. The van der Waals surface area contributed by atoms with E-state index in [0.29, 0.717) is 4.58 Å². The summed E-state index contributed by atoms with van der Waals surface area (Å²) in [6.45, 7) is 0.144. The minimum atomic E-state index is 0.144. The minimum absolute atomic E-state index is 0.144. The van der Waals surface area contributed by atoms with Gasteiger partial charge in [0.2, 0.25) is 0 Å². The number of rotatable bonds is 2. The van der Waals surface area contributed by atoms with Gasteiger partial charge in [-0.05, 0) is 11.1 Å². The van der Waals surface area contributed by atoms with Gasteiger partial charge in [-0.1, -0.05) is 24.3 Å². The summed E-state index contributed by atoms with van der Waals surface area (Å²) in [7, 11) is 0. The Morgan fingerprint density at radius 1 is 1.15 bits per heavy atom. The third-order valence-electron chi connectivity index (χ3n) is 2.06. The molecule has 3 heteroatoms. The minimum Gasteiger partial charge on any atom is -0.392 e. The quantitative estimate of drug-likeness (QED) is 0.814. The number of aliphatic hydroxyl groups is 1. The molecule has 1 aromatic rings. The molecule has 0 aromatic heterocycles. The van der Waals surface area contributed by atoms with E-state index in [1.54, 1.807) is 0 Å². The van der Waals surface area contributed by atoms with Gasteiger partial charge in [-0.15, -0.1) is 23.5 Å². The summed E-state index contributed by atoms with van der Waals surface area (Å²) < 4.78 is 0.618. The Bertz CT molecular complexity index is 265. The highest BCUT2D eigenvalue weighted by atomic mass is 32.2. The molecule has 0 unspecified atom stereocenters. The predicted octanol–water partition coefficient (Wildman–Crippen LogP) is 2.66. The smallest absolute Gasteiger partial charge is 0.0751 e. The monoisotopic (exact) mass is 212 g/mol. The average Bonchev–Trinajstić information content (AvgIpc) is 2.71. The molecular formula is C10H12OS2. The Hall–Kier alpha value is -0.120. The maximum Gasteiger partial charge on any atom is 0.0751 e. The fourth-order valence-electron chi connectivity index (χ4n) is 1.33. The van der Waals surface area contributed by atoms with E-state index in [0.717, 1.165) is 5.56 Å². The van der Waals surface area contributed by atoms with Crippen molar-refractivity contribution in [3.8, 4) is 0 Å². The molecule has 0 radical (unpaired) electrons. The number of hydrogen-bond acceptors (Lipinski definition) is 3. The van der Waals surface area contributed by atoms with Crippen molar-refractivity contribution in [1.82, 2.24) is 0 Å². The highest BCUT2D eigenvalue weighted by Gasteiger charge is 2.17. The molecule has 1 saturated heterocycles. The molecule has 1 aliphatic rings. The third kappa shape index (κ3) is 2.22. The van der Waals surface area contributed by atoms with Crippen LogP contribution in [0.25, 0.3) is 0 Å². The SMILES string of the molecule is OCc1ccc(C2SCCS2)cc1. The van der Waals surface area contributed by atoms with Crippen molar-refractivity contribution in [2.75, 3.05) is 11.5 Å². The van der Waals surface area contributed by atoms with Crippen LogP contribution in [0, 0.1) is 0 Å². The van der Waals surface area contributed by atoms with Gasteiger partial charge in [0.25, 0.3) is 0 Å². The molecule has 1 N–H and O–H groups in total. The molecule has 13 heavy (non-hydrogen) atoms. The topological polar surface area (TPSA) is 20.2 Å². The van der Waals surface area contributed by atoms with E-state index in [-0.39, 0.29) is 6.61 Å². The van der Waals surface area contributed by atoms with Gasteiger partial charge in [0, 0.05) is 11.5 Å². The Kier molecular flexibility index (Phi) is 3.19. The molecular weight excluding hydrogens is 200 g/mol. The zero-order valence-corrected chi connectivity index (χ0v) is 8.90. The first-order chi connectivity index (χ1) is 6.40. The predicted molar refractivity (Wildman–Crippen MR) is 60.0 cm³/mol. The van der Waals surface area contributed by atoms with E-state index in [9.17, 15) is 0 Å². The molecule has 0 amide bonds. The Morgan fingerprint density at radius 3 is 2.31 bits per heavy atom. The standard InChI is InChI=1S/C10H12OS2/c11-7-8-1-3-9(4-2-8)10-12-5-6-13-10/h1-4,10-11H,5-7H2. The van der Waals surface area contributed by atoms with Gasteiger partial charge in [0.05, 0.1) is 11.2 Å². The Balaban J connectivity index is 2.12. The molecule has 1 fully saturated rings. The molecule has 1 aliphatic heterocycles. The van der Waals surface area contributed by atoms with Crippen LogP contribution in [0.15, 0.2) is 24.3 Å². The van der Waals surface area contributed by atoms with Crippen molar-refractivity contribution in [3.63, 3.8) is 0 Å². The van der Waals surface area contributed by atoms with Gasteiger partial charge in [0.1, 0.15) is 0 Å². The lowest BCUT2D eigenvalue weighted by Crippen LogP contribution is -1.87. The number of aliphatic hydroxyl groups excluding tert-OH is 1. The van der Waals surface area contributed by atoms with Crippen LogP contribution in [0.4, 0.5) is 0 Å². The second kappa shape index (κ2) is 4.40. The van der Waals surface area contributed by atoms with E-state index in [4.69, 9.17) is 5.11 Å². The summed E-state index contributed by atoms with van der Waals surface area (Å²) in [4.78, 5) is 0. The van der Waals surface area contributed by atoms with Crippen LogP contribution in [0.3, 0.4) is 0 Å². The van der Waals surface area contributed by atoms with Gasteiger partial charge in [0.15, 0.2) is 0 Å². The first kappa shape index (κ1) is 9.44. The number of benzene rings is 1. The molecule has 2 rings (SSSR count). The molecule has 0 saturated carbocycles. The van der Waals surface area contributed by atoms with Gasteiger partial charge < -0.3 is 5.11 Å². The van der Waals surface area contributed by atoms with Crippen LogP contribution in [0.2, 0.25) is 0 Å². The summed E-state index contributed by atoms with van der Waals surface area (Å²) in [5.74, 6) is 2.52. The molecule has 0 spiro atoms. The second-order valence-electron chi connectivity index (χ2n) is 2.97.